The van der Waals surface area contributed by atoms with Gasteiger partial charge in [0.05, 0.1) is 6.04 Å². The van der Waals surface area contributed by atoms with Gasteiger partial charge in [0.2, 0.25) is 5.91 Å². The minimum absolute atomic E-state index is 0.160. The second-order valence-corrected chi connectivity index (χ2v) is 4.93. The van der Waals surface area contributed by atoms with Gasteiger partial charge in [0.25, 0.3) is 0 Å². The zero-order valence-corrected chi connectivity index (χ0v) is 9.45. The number of rotatable bonds is 3. The molecular formula is C11H18N2O3. The first kappa shape index (κ1) is 11.4. The number of aliphatic carboxylic acids is 1. The molecule has 2 atom stereocenters. The van der Waals surface area contributed by atoms with Crippen LogP contribution in [0, 0.1) is 5.92 Å². The molecule has 1 amide bonds. The predicted molar refractivity (Wildman–Crippen MR) is 57.9 cm³/mol. The summed E-state index contributed by atoms with van der Waals surface area (Å²) in [6, 6.07) is -0.231. The average molecular weight is 226 g/mol. The second-order valence-electron chi connectivity index (χ2n) is 4.93. The van der Waals surface area contributed by atoms with E-state index >= 15 is 0 Å². The van der Waals surface area contributed by atoms with Crippen LogP contribution in [0.2, 0.25) is 0 Å². The minimum atomic E-state index is -0.962. The summed E-state index contributed by atoms with van der Waals surface area (Å²) in [4.78, 5) is 22.9. The highest BCUT2D eigenvalue weighted by atomic mass is 16.4. The lowest BCUT2D eigenvalue weighted by Crippen LogP contribution is -2.55. The summed E-state index contributed by atoms with van der Waals surface area (Å²) in [6.45, 7) is 2.86. The van der Waals surface area contributed by atoms with Crippen LogP contribution in [-0.2, 0) is 9.59 Å². The lowest BCUT2D eigenvalue weighted by molar-refractivity contribution is -0.143. The van der Waals surface area contributed by atoms with Gasteiger partial charge in [-0.25, -0.2) is 4.79 Å². The summed E-state index contributed by atoms with van der Waals surface area (Å²) in [5.41, 5.74) is -0.962. The molecule has 0 bridgehead atoms. The van der Waals surface area contributed by atoms with E-state index in [4.69, 9.17) is 5.11 Å². The van der Waals surface area contributed by atoms with E-state index in [1.807, 2.05) is 6.92 Å². The molecule has 2 aliphatic rings. The summed E-state index contributed by atoms with van der Waals surface area (Å²) < 4.78 is 0. The average Bonchev–Trinajstić information content (AvgIpc) is 2.99. The highest BCUT2D eigenvalue weighted by molar-refractivity contribution is 5.91. The molecule has 1 saturated carbocycles. The van der Waals surface area contributed by atoms with Crippen LogP contribution in [0.3, 0.4) is 0 Å². The Balaban J connectivity index is 1.95. The Morgan fingerprint density at radius 2 is 2.12 bits per heavy atom. The Morgan fingerprint density at radius 3 is 2.62 bits per heavy atom. The number of carbonyl (C=O) groups excluding carboxylic acids is 1. The topological polar surface area (TPSA) is 78.4 Å². The highest BCUT2D eigenvalue weighted by Crippen LogP contribution is 2.35. The van der Waals surface area contributed by atoms with Gasteiger partial charge < -0.3 is 15.7 Å². The maximum atomic E-state index is 11.9. The molecule has 0 spiro atoms. The number of carboxylic acid groups (broad SMARTS) is 1. The van der Waals surface area contributed by atoms with Crippen LogP contribution < -0.4 is 10.6 Å². The summed E-state index contributed by atoms with van der Waals surface area (Å²) in [5, 5.41) is 14.8. The van der Waals surface area contributed by atoms with Crippen LogP contribution in [0.4, 0.5) is 0 Å². The molecule has 90 valence electrons. The first-order chi connectivity index (χ1) is 7.55. The van der Waals surface area contributed by atoms with Crippen molar-refractivity contribution in [1.29, 1.82) is 0 Å². The summed E-state index contributed by atoms with van der Waals surface area (Å²) in [5.74, 6) is -0.797. The summed E-state index contributed by atoms with van der Waals surface area (Å²) in [7, 11) is 0. The molecule has 1 aliphatic carbocycles. The highest BCUT2D eigenvalue weighted by Gasteiger charge is 2.52. The monoisotopic (exact) mass is 226 g/mol. The molecule has 2 fully saturated rings. The molecule has 0 radical (unpaired) electrons. The van der Waals surface area contributed by atoms with Gasteiger partial charge in [0.1, 0.15) is 5.54 Å². The third-order valence-electron chi connectivity index (χ3n) is 3.57. The molecule has 2 unspecified atom stereocenters. The standard InChI is InChI=1S/C11H18N2O3/c1-7-3-2-6-12-8(7)9(14)13-11(4-5-11)10(15)16/h7-8,12H,2-6H2,1H3,(H,13,14)(H,15,16). The lowest BCUT2D eigenvalue weighted by atomic mass is 9.92. The van der Waals surface area contributed by atoms with Crippen LogP contribution in [0.5, 0.6) is 0 Å². The van der Waals surface area contributed by atoms with E-state index in [1.165, 1.54) is 0 Å². The van der Waals surface area contributed by atoms with Crippen molar-refractivity contribution < 1.29 is 14.7 Å². The van der Waals surface area contributed by atoms with Crippen molar-refractivity contribution in [2.45, 2.75) is 44.2 Å². The van der Waals surface area contributed by atoms with Crippen molar-refractivity contribution >= 4 is 11.9 Å². The smallest absolute Gasteiger partial charge is 0.329 e. The van der Waals surface area contributed by atoms with Crippen LogP contribution in [0.1, 0.15) is 32.6 Å². The summed E-state index contributed by atoms with van der Waals surface area (Å²) in [6.07, 6.45) is 3.20. The van der Waals surface area contributed by atoms with Crippen molar-refractivity contribution in [2.75, 3.05) is 6.54 Å². The Kier molecular flexibility index (Phi) is 2.88. The molecule has 0 aromatic carbocycles. The maximum Gasteiger partial charge on any atom is 0.329 e. The fourth-order valence-electron chi connectivity index (χ4n) is 2.23. The number of nitrogens with one attached hydrogen (secondary N) is 2. The zero-order valence-electron chi connectivity index (χ0n) is 9.45. The molecule has 1 heterocycles. The molecule has 2 rings (SSSR count). The largest absolute Gasteiger partial charge is 0.480 e. The van der Waals surface area contributed by atoms with Gasteiger partial charge >= 0.3 is 5.97 Å². The SMILES string of the molecule is CC1CCCNC1C(=O)NC1(C(=O)O)CC1. The fraction of sp³-hybridized carbons (Fsp3) is 0.818. The number of carbonyl (C=O) groups is 2. The maximum absolute atomic E-state index is 11.9. The predicted octanol–water partition coefficient (Wildman–Crippen LogP) is 0.108. The molecular weight excluding hydrogens is 208 g/mol. The van der Waals surface area contributed by atoms with E-state index in [1.54, 1.807) is 0 Å². The summed E-state index contributed by atoms with van der Waals surface area (Å²) >= 11 is 0. The fourth-order valence-corrected chi connectivity index (χ4v) is 2.23. The van der Waals surface area contributed by atoms with E-state index in [-0.39, 0.29) is 17.9 Å². The van der Waals surface area contributed by atoms with Crippen LogP contribution >= 0.6 is 0 Å². The van der Waals surface area contributed by atoms with E-state index < -0.39 is 11.5 Å². The molecule has 1 aliphatic heterocycles. The lowest BCUT2D eigenvalue weighted by Gasteiger charge is -2.30. The van der Waals surface area contributed by atoms with Crippen LogP contribution in [0.15, 0.2) is 0 Å². The molecule has 5 heteroatoms. The van der Waals surface area contributed by atoms with Gasteiger partial charge in [-0.1, -0.05) is 6.92 Å². The van der Waals surface area contributed by atoms with Gasteiger partial charge in [-0.05, 0) is 38.1 Å². The van der Waals surface area contributed by atoms with Gasteiger partial charge in [-0.3, -0.25) is 4.79 Å². The first-order valence-electron chi connectivity index (χ1n) is 5.84. The van der Waals surface area contributed by atoms with Gasteiger partial charge in [0.15, 0.2) is 0 Å². The van der Waals surface area contributed by atoms with Crippen LogP contribution in [0.25, 0.3) is 0 Å². The molecule has 1 saturated heterocycles. The van der Waals surface area contributed by atoms with E-state index in [9.17, 15) is 9.59 Å². The second kappa shape index (κ2) is 4.05. The normalized spacial score (nSPS) is 31.8. The number of carboxylic acids is 1. The Hall–Kier alpha value is -1.10. The van der Waals surface area contributed by atoms with E-state index in [0.717, 1.165) is 19.4 Å². The van der Waals surface area contributed by atoms with Crippen molar-refractivity contribution in [3.8, 4) is 0 Å². The van der Waals surface area contributed by atoms with Crippen molar-refractivity contribution in [3.05, 3.63) is 0 Å². The van der Waals surface area contributed by atoms with Crippen LogP contribution in [-0.4, -0.2) is 35.1 Å². The number of amides is 1. The Labute approximate surface area is 94.6 Å². The molecule has 5 nitrogen and oxygen atoms in total. The van der Waals surface area contributed by atoms with Crippen molar-refractivity contribution in [3.63, 3.8) is 0 Å². The number of hydrogen-bond donors (Lipinski definition) is 3. The molecule has 3 N–H and O–H groups in total. The molecule has 16 heavy (non-hydrogen) atoms. The third-order valence-corrected chi connectivity index (χ3v) is 3.57. The zero-order chi connectivity index (χ0) is 11.8. The Morgan fingerprint density at radius 1 is 1.44 bits per heavy atom. The Bertz CT molecular complexity index is 312. The number of hydrogen-bond acceptors (Lipinski definition) is 3. The van der Waals surface area contributed by atoms with Gasteiger partial charge in [0, 0.05) is 0 Å². The number of piperidine rings is 1. The van der Waals surface area contributed by atoms with Gasteiger partial charge in [-0.15, -0.1) is 0 Å². The van der Waals surface area contributed by atoms with E-state index in [0.29, 0.717) is 12.8 Å². The van der Waals surface area contributed by atoms with E-state index in [2.05, 4.69) is 10.6 Å². The molecule has 0 aromatic heterocycles. The third kappa shape index (κ3) is 2.04. The first-order valence-corrected chi connectivity index (χ1v) is 5.84. The minimum Gasteiger partial charge on any atom is -0.480 e. The van der Waals surface area contributed by atoms with Crippen molar-refractivity contribution in [1.82, 2.24) is 10.6 Å². The quantitative estimate of drug-likeness (QED) is 0.638. The van der Waals surface area contributed by atoms with Crippen molar-refractivity contribution in [2.24, 2.45) is 5.92 Å². The molecule has 0 aromatic rings. The van der Waals surface area contributed by atoms with Gasteiger partial charge in [-0.2, -0.15) is 0 Å².